The molecular formula is C23H32O6Si. The molecule has 2 aromatic rings. The van der Waals surface area contributed by atoms with Crippen LogP contribution in [0.5, 0.6) is 23.0 Å². The zero-order valence-electron chi connectivity index (χ0n) is 19.1. The van der Waals surface area contributed by atoms with E-state index in [1.165, 1.54) is 0 Å². The van der Waals surface area contributed by atoms with Crippen LogP contribution in [0.2, 0.25) is 18.1 Å². The van der Waals surface area contributed by atoms with Gasteiger partial charge in [0.1, 0.15) is 37.4 Å². The van der Waals surface area contributed by atoms with Crippen molar-refractivity contribution in [2.24, 2.45) is 0 Å². The number of methoxy groups -OCH3 is 3. The van der Waals surface area contributed by atoms with E-state index in [1.807, 2.05) is 18.2 Å². The van der Waals surface area contributed by atoms with E-state index < -0.39 is 20.1 Å². The van der Waals surface area contributed by atoms with Crippen molar-refractivity contribution in [3.63, 3.8) is 0 Å². The molecule has 2 aromatic carbocycles. The van der Waals surface area contributed by atoms with E-state index >= 15 is 0 Å². The first-order chi connectivity index (χ1) is 14.1. The average Bonchev–Trinajstić information content (AvgIpc) is 2.71. The van der Waals surface area contributed by atoms with Crippen molar-refractivity contribution in [2.75, 3.05) is 21.3 Å². The molecule has 3 rings (SSSR count). The first kappa shape index (κ1) is 22.4. The Hall–Kier alpha value is -2.25. The highest BCUT2D eigenvalue weighted by atomic mass is 28.3. The van der Waals surface area contributed by atoms with Gasteiger partial charge in [-0.15, -0.1) is 0 Å². The van der Waals surface area contributed by atoms with Gasteiger partial charge in [-0.3, -0.25) is 0 Å². The molecule has 0 amide bonds. The number of carbonyl (C=O) groups excluding carboxylic acids is 1. The number of rotatable bonds is 6. The zero-order valence-corrected chi connectivity index (χ0v) is 20.1. The number of benzene rings is 2. The van der Waals surface area contributed by atoms with Gasteiger partial charge in [0.15, 0.2) is 5.91 Å². The maximum absolute atomic E-state index is 11.5. The molecule has 0 fully saturated rings. The highest BCUT2D eigenvalue weighted by Crippen LogP contribution is 2.53. The normalized spacial score (nSPS) is 19.1. The quantitative estimate of drug-likeness (QED) is 0.457. The Morgan fingerprint density at radius 1 is 1.00 bits per heavy atom. The van der Waals surface area contributed by atoms with Gasteiger partial charge in [-0.25, -0.2) is 0 Å². The minimum atomic E-state index is -2.07. The van der Waals surface area contributed by atoms with Crippen molar-refractivity contribution in [1.82, 2.24) is 0 Å². The topological polar surface area (TPSA) is 63.2 Å². The molecule has 164 valence electrons. The molecule has 1 heterocycles. The predicted octanol–water partition coefficient (Wildman–Crippen LogP) is 5.28. The summed E-state index contributed by atoms with van der Waals surface area (Å²) in [5, 5.41) is 1.58. The van der Waals surface area contributed by atoms with Crippen LogP contribution in [-0.2, 0) is 9.53 Å². The second-order valence-corrected chi connectivity index (χ2v) is 14.6. The summed E-state index contributed by atoms with van der Waals surface area (Å²) in [6, 6.07) is 5.59. The Morgan fingerprint density at radius 3 is 2.07 bits per heavy atom. The number of carbonyl (C=O) groups is 1. The lowest BCUT2D eigenvalue weighted by Gasteiger charge is -2.46. The number of hydrogen-bond acceptors (Lipinski definition) is 6. The molecule has 0 saturated heterocycles. The van der Waals surface area contributed by atoms with Crippen LogP contribution in [0.1, 0.15) is 38.9 Å². The zero-order chi connectivity index (χ0) is 22.3. The molecular weight excluding hydrogens is 400 g/mol. The van der Waals surface area contributed by atoms with Crippen molar-refractivity contribution in [3.05, 3.63) is 23.8 Å². The molecule has 0 bridgehead atoms. The van der Waals surface area contributed by atoms with Gasteiger partial charge in [0, 0.05) is 12.0 Å². The van der Waals surface area contributed by atoms with Crippen molar-refractivity contribution in [3.8, 4) is 23.0 Å². The van der Waals surface area contributed by atoms with Gasteiger partial charge in [-0.05, 0) is 23.2 Å². The van der Waals surface area contributed by atoms with Crippen molar-refractivity contribution < 1.29 is 28.5 Å². The minimum absolute atomic E-state index is 0.0327. The summed E-state index contributed by atoms with van der Waals surface area (Å²) in [6.45, 7) is 11.2. The molecule has 1 unspecified atom stereocenters. The van der Waals surface area contributed by atoms with E-state index in [2.05, 4.69) is 33.9 Å². The van der Waals surface area contributed by atoms with Gasteiger partial charge >= 0.3 is 0 Å². The third kappa shape index (κ3) is 3.54. The highest BCUT2D eigenvalue weighted by molar-refractivity contribution is 6.81. The maximum Gasteiger partial charge on any atom is 0.181 e. The Morgan fingerprint density at radius 2 is 1.57 bits per heavy atom. The molecule has 2 atom stereocenters. The van der Waals surface area contributed by atoms with Gasteiger partial charge in [-0.2, -0.15) is 0 Å². The average molecular weight is 433 g/mol. The first-order valence-electron chi connectivity index (χ1n) is 10.1. The number of hydrogen-bond donors (Lipinski definition) is 0. The molecule has 0 saturated carbocycles. The largest absolute Gasteiger partial charge is 0.496 e. The predicted molar refractivity (Wildman–Crippen MR) is 120 cm³/mol. The Balaban J connectivity index is 2.35. The molecule has 0 radical (unpaired) electrons. The van der Waals surface area contributed by atoms with Gasteiger partial charge in [0.05, 0.1) is 38.2 Å². The summed E-state index contributed by atoms with van der Waals surface area (Å²) in [4.78, 5) is 11.5. The second-order valence-electron chi connectivity index (χ2n) is 9.17. The third-order valence-corrected chi connectivity index (χ3v) is 11.8. The fourth-order valence-corrected chi connectivity index (χ4v) is 5.25. The summed E-state index contributed by atoms with van der Waals surface area (Å²) < 4.78 is 30.0. The molecule has 0 N–H and O–H groups in total. The van der Waals surface area contributed by atoms with Crippen LogP contribution in [0.4, 0.5) is 0 Å². The summed E-state index contributed by atoms with van der Waals surface area (Å²) in [6.07, 6.45) is 0.712. The molecule has 7 heteroatoms. The van der Waals surface area contributed by atoms with E-state index in [9.17, 15) is 4.79 Å². The van der Waals surface area contributed by atoms with Gasteiger partial charge in [0.25, 0.3) is 0 Å². The highest BCUT2D eigenvalue weighted by Gasteiger charge is 2.48. The number of ether oxygens (including phenoxy) is 5. The van der Waals surface area contributed by atoms with Crippen molar-refractivity contribution >= 4 is 25.1 Å². The van der Waals surface area contributed by atoms with Crippen LogP contribution >= 0.6 is 0 Å². The summed E-state index contributed by atoms with van der Waals surface area (Å²) in [5.41, 5.74) is 0.785. The van der Waals surface area contributed by atoms with Crippen LogP contribution in [0.25, 0.3) is 10.8 Å². The SMILES string of the molecule is COc1ccc(OC)c2c3c(cc(OC)c12)[C@H](CC=O)OC([Si](C)(C)C(C)(C)C)O3. The molecule has 6 nitrogen and oxygen atoms in total. The lowest BCUT2D eigenvalue weighted by atomic mass is 9.97. The summed E-state index contributed by atoms with van der Waals surface area (Å²) in [7, 11) is 2.79. The van der Waals surface area contributed by atoms with Crippen LogP contribution < -0.4 is 18.9 Å². The Kier molecular flexibility index (Phi) is 6.07. The summed E-state index contributed by atoms with van der Waals surface area (Å²) >= 11 is 0. The lowest BCUT2D eigenvalue weighted by Crippen LogP contribution is -2.55. The van der Waals surface area contributed by atoms with Crippen LogP contribution in [0.3, 0.4) is 0 Å². The third-order valence-electron chi connectivity index (χ3n) is 6.50. The minimum Gasteiger partial charge on any atom is -0.496 e. The smallest absolute Gasteiger partial charge is 0.181 e. The lowest BCUT2D eigenvalue weighted by molar-refractivity contribution is -0.121. The monoisotopic (exact) mass is 432 g/mol. The van der Waals surface area contributed by atoms with Gasteiger partial charge < -0.3 is 28.5 Å². The van der Waals surface area contributed by atoms with E-state index in [-0.39, 0.29) is 11.5 Å². The molecule has 30 heavy (non-hydrogen) atoms. The number of fused-ring (bicyclic) bond motifs is 3. The molecule has 0 aromatic heterocycles. The Bertz CT molecular complexity index is 947. The van der Waals surface area contributed by atoms with Crippen molar-refractivity contribution in [1.29, 1.82) is 0 Å². The standard InChI is InChI=1S/C23H32O6Si/c1-23(2,3)30(7,8)22-28-15(11-12-24)14-13-18(27-6)19-16(25-4)9-10-17(26-5)20(19)21(14)29-22/h9-10,12-13,15,22H,11H2,1-8H3/t15-,22?/m0/s1. The maximum atomic E-state index is 11.5. The van der Waals surface area contributed by atoms with E-state index in [0.717, 1.165) is 22.6 Å². The molecule has 1 aliphatic rings. The second kappa shape index (κ2) is 8.11. The molecule has 0 spiro atoms. The Labute approximate surface area is 179 Å². The van der Waals surface area contributed by atoms with Crippen LogP contribution in [-0.4, -0.2) is 41.6 Å². The van der Waals surface area contributed by atoms with Crippen molar-refractivity contribution in [2.45, 2.75) is 57.3 Å². The molecule has 1 aliphatic heterocycles. The fraction of sp³-hybridized carbons (Fsp3) is 0.522. The first-order valence-corrected chi connectivity index (χ1v) is 13.2. The summed E-state index contributed by atoms with van der Waals surface area (Å²) in [5.74, 6) is 2.20. The van der Waals surface area contributed by atoms with Crippen LogP contribution in [0.15, 0.2) is 18.2 Å². The van der Waals surface area contributed by atoms with Gasteiger partial charge in [0.2, 0.25) is 0 Å². The molecule has 0 aliphatic carbocycles. The van der Waals surface area contributed by atoms with E-state index in [1.54, 1.807) is 21.3 Å². The van der Waals surface area contributed by atoms with Gasteiger partial charge in [-0.1, -0.05) is 33.9 Å². The van der Waals surface area contributed by atoms with Crippen LogP contribution in [0, 0.1) is 0 Å². The number of aldehydes is 1. The van der Waals surface area contributed by atoms with E-state index in [4.69, 9.17) is 23.7 Å². The van der Waals surface area contributed by atoms with E-state index in [0.29, 0.717) is 23.0 Å². The fourth-order valence-electron chi connectivity index (χ4n) is 3.62.